The maximum absolute atomic E-state index is 13.4. The SMILES string of the molecule is Cc1cc(N(C)CC2CCCCO2)c(N)cc1F. The highest BCUT2D eigenvalue weighted by Crippen LogP contribution is 2.26. The topological polar surface area (TPSA) is 38.5 Å². The fourth-order valence-electron chi connectivity index (χ4n) is 2.37. The molecule has 4 heteroatoms. The Kier molecular flexibility index (Phi) is 4.07. The van der Waals surface area contributed by atoms with Gasteiger partial charge in [0, 0.05) is 20.2 Å². The van der Waals surface area contributed by atoms with E-state index in [-0.39, 0.29) is 11.9 Å². The Morgan fingerprint density at radius 3 is 2.89 bits per heavy atom. The summed E-state index contributed by atoms with van der Waals surface area (Å²) < 4.78 is 19.1. The van der Waals surface area contributed by atoms with E-state index in [1.807, 2.05) is 7.05 Å². The molecule has 1 aromatic rings. The lowest BCUT2D eigenvalue weighted by Crippen LogP contribution is -2.33. The van der Waals surface area contributed by atoms with Crippen LogP contribution >= 0.6 is 0 Å². The van der Waals surface area contributed by atoms with Gasteiger partial charge in [0.15, 0.2) is 0 Å². The van der Waals surface area contributed by atoms with Gasteiger partial charge >= 0.3 is 0 Å². The van der Waals surface area contributed by atoms with Crippen LogP contribution in [0.4, 0.5) is 15.8 Å². The minimum atomic E-state index is -0.251. The first-order valence-corrected chi connectivity index (χ1v) is 6.46. The van der Waals surface area contributed by atoms with E-state index < -0.39 is 0 Å². The molecular formula is C14H21FN2O. The Morgan fingerprint density at radius 1 is 1.44 bits per heavy atom. The number of rotatable bonds is 3. The van der Waals surface area contributed by atoms with Gasteiger partial charge in [0.2, 0.25) is 0 Å². The van der Waals surface area contributed by atoms with Gasteiger partial charge in [0.1, 0.15) is 5.82 Å². The Balaban J connectivity index is 2.08. The van der Waals surface area contributed by atoms with Gasteiger partial charge in [0.05, 0.1) is 17.5 Å². The number of nitrogens with zero attached hydrogens (tertiary/aromatic N) is 1. The average Bonchev–Trinajstić information content (AvgIpc) is 2.35. The number of nitrogen functional groups attached to an aromatic ring is 1. The summed E-state index contributed by atoms with van der Waals surface area (Å²) in [7, 11) is 1.97. The standard InChI is InChI=1S/C14H21FN2O/c1-10-7-14(13(16)8-12(10)15)17(2)9-11-5-3-4-6-18-11/h7-8,11H,3-6,9,16H2,1-2H3. The molecule has 2 rings (SSSR count). The molecule has 2 N–H and O–H groups in total. The monoisotopic (exact) mass is 252 g/mol. The fraction of sp³-hybridized carbons (Fsp3) is 0.571. The Labute approximate surface area is 108 Å². The third-order valence-electron chi connectivity index (χ3n) is 3.47. The number of ether oxygens (including phenoxy) is 1. The van der Waals surface area contributed by atoms with Crippen LogP contribution < -0.4 is 10.6 Å². The number of likely N-dealkylation sites (N-methyl/N-ethyl adjacent to an activating group) is 1. The molecule has 0 radical (unpaired) electrons. The molecule has 3 nitrogen and oxygen atoms in total. The van der Waals surface area contributed by atoms with Gasteiger partial charge in [-0.1, -0.05) is 0 Å². The number of aryl methyl sites for hydroxylation is 1. The zero-order chi connectivity index (χ0) is 13.1. The first-order valence-electron chi connectivity index (χ1n) is 6.46. The molecule has 100 valence electrons. The van der Waals surface area contributed by atoms with E-state index in [1.165, 1.54) is 12.5 Å². The number of nitrogens with two attached hydrogens (primary N) is 1. The zero-order valence-electron chi connectivity index (χ0n) is 11.1. The molecule has 0 bridgehead atoms. The Morgan fingerprint density at radius 2 is 2.22 bits per heavy atom. The molecule has 0 aromatic heterocycles. The van der Waals surface area contributed by atoms with Crippen LogP contribution in [0.25, 0.3) is 0 Å². The second-order valence-corrected chi connectivity index (χ2v) is 5.03. The van der Waals surface area contributed by atoms with E-state index in [0.29, 0.717) is 11.3 Å². The number of anilines is 2. The number of hydrogen-bond acceptors (Lipinski definition) is 3. The van der Waals surface area contributed by atoms with Gasteiger partial charge in [-0.3, -0.25) is 0 Å². The molecule has 1 saturated heterocycles. The summed E-state index contributed by atoms with van der Waals surface area (Å²) in [4.78, 5) is 2.05. The minimum absolute atomic E-state index is 0.251. The van der Waals surface area contributed by atoms with Crippen LogP contribution in [0.1, 0.15) is 24.8 Å². The van der Waals surface area contributed by atoms with Gasteiger partial charge < -0.3 is 15.4 Å². The molecule has 18 heavy (non-hydrogen) atoms. The molecule has 1 aliphatic heterocycles. The van der Waals surface area contributed by atoms with E-state index in [2.05, 4.69) is 4.90 Å². The van der Waals surface area contributed by atoms with Crippen molar-refractivity contribution in [3.63, 3.8) is 0 Å². The Bertz CT molecular complexity index is 417. The van der Waals surface area contributed by atoms with Crippen molar-refractivity contribution in [3.05, 3.63) is 23.5 Å². The number of benzene rings is 1. The van der Waals surface area contributed by atoms with E-state index >= 15 is 0 Å². The maximum Gasteiger partial charge on any atom is 0.128 e. The summed E-state index contributed by atoms with van der Waals surface area (Å²) in [6.45, 7) is 3.40. The highest BCUT2D eigenvalue weighted by molar-refractivity contribution is 5.68. The smallest absolute Gasteiger partial charge is 0.128 e. The molecule has 1 unspecified atom stereocenters. The van der Waals surface area contributed by atoms with Gasteiger partial charge in [0.25, 0.3) is 0 Å². The van der Waals surface area contributed by atoms with Crippen LogP contribution in [-0.4, -0.2) is 26.3 Å². The quantitative estimate of drug-likeness (QED) is 0.841. The molecule has 1 heterocycles. The lowest BCUT2D eigenvalue weighted by Gasteiger charge is -2.29. The second-order valence-electron chi connectivity index (χ2n) is 5.03. The summed E-state index contributed by atoms with van der Waals surface area (Å²) in [5.41, 5.74) is 7.86. The predicted octanol–water partition coefficient (Wildman–Crippen LogP) is 2.72. The van der Waals surface area contributed by atoms with Crippen molar-refractivity contribution in [3.8, 4) is 0 Å². The zero-order valence-corrected chi connectivity index (χ0v) is 11.1. The predicted molar refractivity (Wildman–Crippen MR) is 72.4 cm³/mol. The molecule has 1 aliphatic rings. The summed E-state index contributed by atoms with van der Waals surface area (Å²) in [5.74, 6) is -0.251. The van der Waals surface area contributed by atoms with Crippen molar-refractivity contribution >= 4 is 11.4 Å². The second kappa shape index (κ2) is 5.57. The molecule has 1 fully saturated rings. The van der Waals surface area contributed by atoms with Crippen LogP contribution in [0.15, 0.2) is 12.1 Å². The van der Waals surface area contributed by atoms with E-state index in [4.69, 9.17) is 10.5 Å². The third-order valence-corrected chi connectivity index (χ3v) is 3.47. The summed E-state index contributed by atoms with van der Waals surface area (Å²) in [6, 6.07) is 3.19. The van der Waals surface area contributed by atoms with Crippen molar-refractivity contribution in [2.45, 2.75) is 32.3 Å². The average molecular weight is 252 g/mol. The van der Waals surface area contributed by atoms with Crippen molar-refractivity contribution in [1.82, 2.24) is 0 Å². The number of halogens is 1. The van der Waals surface area contributed by atoms with Crippen molar-refractivity contribution in [2.24, 2.45) is 0 Å². The molecule has 0 spiro atoms. The first-order chi connectivity index (χ1) is 8.58. The van der Waals surface area contributed by atoms with Crippen molar-refractivity contribution < 1.29 is 9.13 Å². The van der Waals surface area contributed by atoms with E-state index in [9.17, 15) is 4.39 Å². The van der Waals surface area contributed by atoms with Gasteiger partial charge in [-0.15, -0.1) is 0 Å². The highest BCUT2D eigenvalue weighted by atomic mass is 19.1. The van der Waals surface area contributed by atoms with E-state index in [1.54, 1.807) is 13.0 Å². The highest BCUT2D eigenvalue weighted by Gasteiger charge is 2.17. The maximum atomic E-state index is 13.4. The molecular weight excluding hydrogens is 231 g/mol. The van der Waals surface area contributed by atoms with Crippen LogP contribution in [0, 0.1) is 12.7 Å². The van der Waals surface area contributed by atoms with Crippen molar-refractivity contribution in [1.29, 1.82) is 0 Å². The van der Waals surface area contributed by atoms with Gasteiger partial charge in [-0.25, -0.2) is 4.39 Å². The molecule has 0 saturated carbocycles. The molecule has 0 aliphatic carbocycles. The minimum Gasteiger partial charge on any atom is -0.397 e. The Hall–Kier alpha value is -1.29. The fourth-order valence-corrected chi connectivity index (χ4v) is 2.37. The summed E-state index contributed by atoms with van der Waals surface area (Å²) >= 11 is 0. The van der Waals surface area contributed by atoms with E-state index in [0.717, 1.165) is 31.7 Å². The summed E-state index contributed by atoms with van der Waals surface area (Å²) in [5, 5.41) is 0. The largest absolute Gasteiger partial charge is 0.397 e. The lowest BCUT2D eigenvalue weighted by atomic mass is 10.1. The third kappa shape index (κ3) is 2.93. The van der Waals surface area contributed by atoms with Gasteiger partial charge in [-0.2, -0.15) is 0 Å². The van der Waals surface area contributed by atoms with Crippen LogP contribution in [0.5, 0.6) is 0 Å². The molecule has 1 aromatic carbocycles. The van der Waals surface area contributed by atoms with Gasteiger partial charge in [-0.05, 0) is 43.9 Å². The van der Waals surface area contributed by atoms with Crippen LogP contribution in [-0.2, 0) is 4.74 Å². The molecule has 0 amide bonds. The lowest BCUT2D eigenvalue weighted by molar-refractivity contribution is 0.0216. The first kappa shape index (κ1) is 13.1. The molecule has 1 atom stereocenters. The van der Waals surface area contributed by atoms with Crippen molar-refractivity contribution in [2.75, 3.05) is 30.8 Å². The summed E-state index contributed by atoms with van der Waals surface area (Å²) in [6.07, 6.45) is 3.72. The van der Waals surface area contributed by atoms with Crippen LogP contribution in [0.2, 0.25) is 0 Å². The normalized spacial score (nSPS) is 19.8. The number of hydrogen-bond donors (Lipinski definition) is 1. The van der Waals surface area contributed by atoms with Crippen LogP contribution in [0.3, 0.4) is 0 Å².